The van der Waals surface area contributed by atoms with Gasteiger partial charge in [0.25, 0.3) is 0 Å². The molecule has 1 aliphatic rings. The highest BCUT2D eigenvalue weighted by atomic mass is 35.5. The van der Waals surface area contributed by atoms with Crippen LogP contribution in [0.1, 0.15) is 0 Å². The lowest BCUT2D eigenvalue weighted by Crippen LogP contribution is -2.48. The van der Waals surface area contributed by atoms with E-state index >= 15 is 0 Å². The average Bonchev–Trinajstić information content (AvgIpc) is 2.28. The molecule has 1 N–H and O–H groups in total. The molecule has 18 heavy (non-hydrogen) atoms. The van der Waals surface area contributed by atoms with Crippen LogP contribution >= 0.6 is 23.2 Å². The van der Waals surface area contributed by atoms with Crippen LogP contribution in [0.3, 0.4) is 0 Å². The molecule has 0 aliphatic carbocycles. The molecule has 2 amide bonds. The molecule has 0 bridgehead atoms. The first-order valence-electron chi connectivity index (χ1n) is 5.75. The Hall–Kier alpha value is -0.970. The number of hydrogen-bond acceptors (Lipinski definition) is 2. The minimum absolute atomic E-state index is 0.110. The number of carbonyl (C=O) groups is 1. The van der Waals surface area contributed by atoms with Crippen molar-refractivity contribution in [2.45, 2.75) is 0 Å². The molecule has 1 saturated heterocycles. The third-order valence-electron chi connectivity index (χ3n) is 2.90. The first-order valence-corrected chi connectivity index (χ1v) is 6.51. The van der Waals surface area contributed by atoms with Crippen LogP contribution in [0.5, 0.6) is 0 Å². The van der Waals surface area contributed by atoms with Crippen molar-refractivity contribution in [1.82, 2.24) is 9.80 Å². The summed E-state index contributed by atoms with van der Waals surface area (Å²) in [5, 5.41) is 3.83. The Morgan fingerprint density at radius 2 is 1.67 bits per heavy atom. The highest BCUT2D eigenvalue weighted by Gasteiger charge is 2.18. The van der Waals surface area contributed by atoms with Gasteiger partial charge in [-0.15, -0.1) is 0 Å². The first kappa shape index (κ1) is 13.5. The lowest BCUT2D eigenvalue weighted by Gasteiger charge is -2.32. The van der Waals surface area contributed by atoms with E-state index in [2.05, 4.69) is 10.2 Å². The highest BCUT2D eigenvalue weighted by molar-refractivity contribution is 6.35. The van der Waals surface area contributed by atoms with Crippen LogP contribution in [0.2, 0.25) is 10.0 Å². The van der Waals surface area contributed by atoms with E-state index in [4.69, 9.17) is 23.2 Å². The molecule has 1 aromatic carbocycles. The molecule has 1 heterocycles. The van der Waals surface area contributed by atoms with E-state index in [1.165, 1.54) is 0 Å². The molecule has 0 unspecified atom stereocenters. The first-order chi connectivity index (χ1) is 8.54. The number of amides is 2. The lowest BCUT2D eigenvalue weighted by atomic mass is 10.3. The number of benzene rings is 1. The Morgan fingerprint density at radius 1 is 1.11 bits per heavy atom. The summed E-state index contributed by atoms with van der Waals surface area (Å²) in [6, 6.07) is 4.89. The topological polar surface area (TPSA) is 35.6 Å². The van der Waals surface area contributed by atoms with Crippen LogP contribution in [0.15, 0.2) is 18.2 Å². The second-order valence-electron chi connectivity index (χ2n) is 4.38. The fourth-order valence-electron chi connectivity index (χ4n) is 1.84. The summed E-state index contributed by atoms with van der Waals surface area (Å²) in [6.07, 6.45) is 0. The van der Waals surface area contributed by atoms with Crippen molar-refractivity contribution in [2.75, 3.05) is 38.5 Å². The van der Waals surface area contributed by atoms with Crippen molar-refractivity contribution in [3.05, 3.63) is 28.2 Å². The summed E-state index contributed by atoms with van der Waals surface area (Å²) in [7, 11) is 2.05. The zero-order valence-corrected chi connectivity index (χ0v) is 11.6. The molecule has 4 nitrogen and oxygen atoms in total. The van der Waals surface area contributed by atoms with Gasteiger partial charge in [-0.25, -0.2) is 4.79 Å². The Labute approximate surface area is 116 Å². The molecule has 0 saturated carbocycles. The molecular formula is C12H15Cl2N3O. The van der Waals surface area contributed by atoms with E-state index in [9.17, 15) is 4.79 Å². The largest absolute Gasteiger partial charge is 0.322 e. The van der Waals surface area contributed by atoms with Crippen molar-refractivity contribution in [3.63, 3.8) is 0 Å². The van der Waals surface area contributed by atoms with Gasteiger partial charge < -0.3 is 15.1 Å². The van der Waals surface area contributed by atoms with Crippen molar-refractivity contribution in [2.24, 2.45) is 0 Å². The number of nitrogens with zero attached hydrogens (tertiary/aromatic N) is 2. The summed E-state index contributed by atoms with van der Waals surface area (Å²) >= 11 is 11.8. The van der Waals surface area contributed by atoms with E-state index < -0.39 is 0 Å². The van der Waals surface area contributed by atoms with Crippen LogP contribution in [0.4, 0.5) is 10.5 Å². The van der Waals surface area contributed by atoms with Crippen LogP contribution < -0.4 is 5.32 Å². The monoisotopic (exact) mass is 287 g/mol. The van der Waals surface area contributed by atoms with Crippen molar-refractivity contribution >= 4 is 34.9 Å². The summed E-state index contributed by atoms with van der Waals surface area (Å²) in [5.74, 6) is 0. The average molecular weight is 288 g/mol. The molecular weight excluding hydrogens is 273 g/mol. The predicted octanol–water partition coefficient (Wildman–Crippen LogP) is 2.77. The SMILES string of the molecule is CN1CCN(C(=O)Nc2cc(Cl)cc(Cl)c2)CC1. The lowest BCUT2D eigenvalue weighted by molar-refractivity contribution is 0.164. The number of rotatable bonds is 1. The smallest absolute Gasteiger partial charge is 0.321 e. The zero-order valence-electron chi connectivity index (χ0n) is 10.1. The van der Waals surface area contributed by atoms with E-state index in [1.54, 1.807) is 23.1 Å². The number of likely N-dealkylation sites (N-methyl/N-ethyl adjacent to an activating group) is 1. The Morgan fingerprint density at radius 3 is 2.22 bits per heavy atom. The predicted molar refractivity (Wildman–Crippen MR) is 74.6 cm³/mol. The number of nitrogens with one attached hydrogen (secondary N) is 1. The van der Waals surface area contributed by atoms with Gasteiger partial charge in [-0.2, -0.15) is 0 Å². The van der Waals surface area contributed by atoms with Crippen LogP contribution in [0.25, 0.3) is 0 Å². The number of anilines is 1. The molecule has 0 radical (unpaired) electrons. The quantitative estimate of drug-likeness (QED) is 0.862. The summed E-state index contributed by atoms with van der Waals surface area (Å²) in [6.45, 7) is 3.25. The normalized spacial score (nSPS) is 16.7. The van der Waals surface area contributed by atoms with Crippen LogP contribution in [0, 0.1) is 0 Å². The fourth-order valence-corrected chi connectivity index (χ4v) is 2.36. The third-order valence-corrected chi connectivity index (χ3v) is 3.34. The van der Waals surface area contributed by atoms with Crippen LogP contribution in [-0.2, 0) is 0 Å². The van der Waals surface area contributed by atoms with Crippen molar-refractivity contribution in [1.29, 1.82) is 0 Å². The van der Waals surface area contributed by atoms with Gasteiger partial charge in [0.05, 0.1) is 0 Å². The molecule has 1 fully saturated rings. The molecule has 1 aromatic rings. The number of hydrogen-bond donors (Lipinski definition) is 1. The second-order valence-corrected chi connectivity index (χ2v) is 5.25. The molecule has 2 rings (SSSR count). The molecule has 1 aliphatic heterocycles. The number of halogens is 2. The van der Waals surface area contributed by atoms with Crippen molar-refractivity contribution < 1.29 is 4.79 Å². The van der Waals surface area contributed by atoms with Crippen LogP contribution in [-0.4, -0.2) is 49.1 Å². The van der Waals surface area contributed by atoms with Gasteiger partial charge >= 0.3 is 6.03 Å². The molecule has 6 heteroatoms. The van der Waals surface area contributed by atoms with Gasteiger partial charge in [-0.1, -0.05) is 23.2 Å². The van der Waals surface area contributed by atoms with E-state index in [-0.39, 0.29) is 6.03 Å². The standard InChI is InChI=1S/C12H15Cl2N3O/c1-16-2-4-17(5-3-16)12(18)15-11-7-9(13)6-10(14)8-11/h6-8H,2-5H2,1H3,(H,15,18). The number of piperazine rings is 1. The molecule has 0 aromatic heterocycles. The maximum absolute atomic E-state index is 12.0. The molecule has 98 valence electrons. The van der Waals surface area contributed by atoms with Gasteiger partial charge in [0, 0.05) is 41.9 Å². The number of urea groups is 1. The molecule has 0 spiro atoms. The zero-order chi connectivity index (χ0) is 13.1. The van der Waals surface area contributed by atoms with E-state index in [0.29, 0.717) is 15.7 Å². The fraction of sp³-hybridized carbons (Fsp3) is 0.417. The molecule has 0 atom stereocenters. The van der Waals surface area contributed by atoms with Gasteiger partial charge in [0.15, 0.2) is 0 Å². The third kappa shape index (κ3) is 3.51. The minimum Gasteiger partial charge on any atom is -0.322 e. The minimum atomic E-state index is -0.110. The highest BCUT2D eigenvalue weighted by Crippen LogP contribution is 2.22. The van der Waals surface area contributed by atoms with Gasteiger partial charge in [-0.3, -0.25) is 0 Å². The van der Waals surface area contributed by atoms with Gasteiger partial charge in [0.1, 0.15) is 0 Å². The Kier molecular flexibility index (Phi) is 4.32. The van der Waals surface area contributed by atoms with Gasteiger partial charge in [-0.05, 0) is 25.2 Å². The van der Waals surface area contributed by atoms with E-state index in [1.807, 2.05) is 7.05 Å². The maximum Gasteiger partial charge on any atom is 0.321 e. The summed E-state index contributed by atoms with van der Waals surface area (Å²) in [5.41, 5.74) is 0.622. The summed E-state index contributed by atoms with van der Waals surface area (Å²) < 4.78 is 0. The maximum atomic E-state index is 12.0. The van der Waals surface area contributed by atoms with E-state index in [0.717, 1.165) is 26.2 Å². The summed E-state index contributed by atoms with van der Waals surface area (Å²) in [4.78, 5) is 16.0. The Balaban J connectivity index is 1.98. The number of carbonyl (C=O) groups excluding carboxylic acids is 1. The van der Waals surface area contributed by atoms with Crippen molar-refractivity contribution in [3.8, 4) is 0 Å². The second kappa shape index (κ2) is 5.78. The Bertz CT molecular complexity index is 425. The van der Waals surface area contributed by atoms with Gasteiger partial charge in [0.2, 0.25) is 0 Å².